The fourth-order valence-electron chi connectivity index (χ4n) is 2.29. The van der Waals surface area contributed by atoms with E-state index in [2.05, 4.69) is 25.6 Å². The third kappa shape index (κ3) is 3.13. The van der Waals surface area contributed by atoms with E-state index in [0.29, 0.717) is 28.5 Å². The summed E-state index contributed by atoms with van der Waals surface area (Å²) in [6, 6.07) is 12.2. The van der Waals surface area contributed by atoms with Gasteiger partial charge in [0.1, 0.15) is 11.3 Å². The molecule has 4 aromatic rings. The zero-order valence-electron chi connectivity index (χ0n) is 12.9. The number of rotatable bonds is 4. The largest absolute Gasteiger partial charge is 0.437 e. The quantitative estimate of drug-likeness (QED) is 0.617. The number of hydrogen-bond donors (Lipinski definition) is 1. The summed E-state index contributed by atoms with van der Waals surface area (Å²) in [5.41, 5.74) is 1.47. The van der Waals surface area contributed by atoms with Crippen LogP contribution in [0.3, 0.4) is 0 Å². The Kier molecular flexibility index (Phi) is 3.76. The van der Waals surface area contributed by atoms with Crippen molar-refractivity contribution in [1.29, 1.82) is 0 Å². The molecule has 8 heteroatoms. The van der Waals surface area contributed by atoms with E-state index < -0.39 is 0 Å². The van der Waals surface area contributed by atoms with Crippen LogP contribution in [0.25, 0.3) is 5.65 Å². The first-order valence-electron chi connectivity index (χ1n) is 7.45. The highest BCUT2D eigenvalue weighted by Gasteiger charge is 2.14. The van der Waals surface area contributed by atoms with Gasteiger partial charge in [-0.2, -0.15) is 10.2 Å². The average Bonchev–Trinajstić information content (AvgIpc) is 3.07. The summed E-state index contributed by atoms with van der Waals surface area (Å²) in [6.07, 6.45) is 6.39. The van der Waals surface area contributed by atoms with Crippen molar-refractivity contribution in [2.24, 2.45) is 0 Å². The molecule has 1 aromatic carbocycles. The van der Waals surface area contributed by atoms with Crippen molar-refractivity contribution in [3.63, 3.8) is 0 Å². The molecular formula is C17H12N6O2. The first kappa shape index (κ1) is 14.8. The summed E-state index contributed by atoms with van der Waals surface area (Å²) < 4.78 is 7.15. The number of carbonyl (C=O) groups is 1. The molecule has 0 saturated heterocycles. The van der Waals surface area contributed by atoms with E-state index in [1.165, 1.54) is 6.20 Å². The lowest BCUT2D eigenvalue weighted by Gasteiger charge is -2.07. The van der Waals surface area contributed by atoms with E-state index in [-0.39, 0.29) is 5.91 Å². The highest BCUT2D eigenvalue weighted by molar-refractivity contribution is 6.08. The van der Waals surface area contributed by atoms with E-state index in [4.69, 9.17) is 4.74 Å². The van der Waals surface area contributed by atoms with Crippen molar-refractivity contribution in [3.05, 3.63) is 72.8 Å². The van der Waals surface area contributed by atoms with Gasteiger partial charge in [-0.3, -0.25) is 4.79 Å². The predicted octanol–water partition coefficient (Wildman–Crippen LogP) is 2.56. The van der Waals surface area contributed by atoms with E-state index in [9.17, 15) is 4.79 Å². The summed E-state index contributed by atoms with van der Waals surface area (Å²) in [7, 11) is 0. The molecular weight excluding hydrogens is 320 g/mol. The molecule has 0 aliphatic rings. The number of amides is 1. The van der Waals surface area contributed by atoms with Crippen LogP contribution in [0.5, 0.6) is 11.6 Å². The highest BCUT2D eigenvalue weighted by Crippen LogP contribution is 2.22. The van der Waals surface area contributed by atoms with Gasteiger partial charge in [-0.15, -0.1) is 5.10 Å². The van der Waals surface area contributed by atoms with Crippen LogP contribution in [-0.4, -0.2) is 30.7 Å². The Morgan fingerprint density at radius 1 is 1.12 bits per heavy atom. The Bertz CT molecular complexity index is 1030. The maximum absolute atomic E-state index is 12.5. The molecule has 1 N–H and O–H groups in total. The molecule has 3 heterocycles. The van der Waals surface area contributed by atoms with Crippen molar-refractivity contribution in [3.8, 4) is 11.6 Å². The van der Waals surface area contributed by atoms with Gasteiger partial charge in [-0.25, -0.2) is 9.50 Å². The number of aromatic nitrogens is 5. The van der Waals surface area contributed by atoms with Crippen LogP contribution in [0.1, 0.15) is 10.4 Å². The molecule has 0 saturated carbocycles. The summed E-state index contributed by atoms with van der Waals surface area (Å²) in [6.45, 7) is 0. The van der Waals surface area contributed by atoms with Crippen LogP contribution in [0.4, 0.5) is 5.69 Å². The van der Waals surface area contributed by atoms with Gasteiger partial charge >= 0.3 is 0 Å². The molecule has 0 aliphatic carbocycles. The third-order valence-corrected chi connectivity index (χ3v) is 3.39. The minimum atomic E-state index is -0.301. The van der Waals surface area contributed by atoms with Crippen LogP contribution < -0.4 is 10.1 Å². The SMILES string of the molecule is O=C(Nc1cccc(Oc2cccnn2)c1)c1cnn2cccnc12. The first-order valence-corrected chi connectivity index (χ1v) is 7.45. The van der Waals surface area contributed by atoms with Gasteiger partial charge in [-0.05, 0) is 24.3 Å². The molecule has 25 heavy (non-hydrogen) atoms. The van der Waals surface area contributed by atoms with Crippen molar-refractivity contribution in [2.45, 2.75) is 0 Å². The molecule has 0 unspecified atom stereocenters. The van der Waals surface area contributed by atoms with Crippen LogP contribution in [0.15, 0.2) is 67.3 Å². The Hall–Kier alpha value is -3.81. The molecule has 3 aromatic heterocycles. The molecule has 0 fully saturated rings. The van der Waals surface area contributed by atoms with Crippen LogP contribution in [0.2, 0.25) is 0 Å². The monoisotopic (exact) mass is 332 g/mol. The van der Waals surface area contributed by atoms with Crippen LogP contribution in [-0.2, 0) is 0 Å². The Morgan fingerprint density at radius 3 is 2.96 bits per heavy atom. The second-order valence-electron chi connectivity index (χ2n) is 5.09. The maximum Gasteiger partial charge on any atom is 0.261 e. The van der Waals surface area contributed by atoms with Crippen molar-refractivity contribution in [1.82, 2.24) is 24.8 Å². The standard InChI is InChI=1S/C17H12N6O2/c24-17(14-11-20-23-9-3-7-18-16(14)23)21-12-4-1-5-13(10-12)25-15-6-2-8-19-22-15/h1-11H,(H,21,24). The number of nitrogens with zero attached hydrogens (tertiary/aromatic N) is 5. The number of ether oxygens (including phenoxy) is 1. The van der Waals surface area contributed by atoms with E-state index in [1.54, 1.807) is 65.6 Å². The Labute approximate surface area is 142 Å². The van der Waals surface area contributed by atoms with Crippen molar-refractivity contribution < 1.29 is 9.53 Å². The van der Waals surface area contributed by atoms with Gasteiger partial charge in [0.05, 0.1) is 6.20 Å². The summed E-state index contributed by atoms with van der Waals surface area (Å²) >= 11 is 0. The normalized spacial score (nSPS) is 10.6. The second kappa shape index (κ2) is 6.36. The molecule has 8 nitrogen and oxygen atoms in total. The van der Waals surface area contributed by atoms with Gasteiger partial charge in [0.15, 0.2) is 5.65 Å². The van der Waals surface area contributed by atoms with Gasteiger partial charge in [-0.1, -0.05) is 6.07 Å². The number of nitrogens with one attached hydrogen (secondary N) is 1. The van der Waals surface area contributed by atoms with E-state index in [0.717, 1.165) is 0 Å². The maximum atomic E-state index is 12.5. The molecule has 0 atom stereocenters. The zero-order chi connectivity index (χ0) is 17.1. The Morgan fingerprint density at radius 2 is 2.08 bits per heavy atom. The summed E-state index contributed by atoms with van der Waals surface area (Å²) in [4.78, 5) is 16.7. The predicted molar refractivity (Wildman–Crippen MR) is 89.5 cm³/mol. The topological polar surface area (TPSA) is 94.3 Å². The number of hydrogen-bond acceptors (Lipinski definition) is 6. The van der Waals surface area contributed by atoms with Crippen LogP contribution >= 0.6 is 0 Å². The molecule has 0 radical (unpaired) electrons. The first-order chi connectivity index (χ1) is 12.3. The molecule has 0 spiro atoms. The smallest absolute Gasteiger partial charge is 0.261 e. The molecule has 1 amide bonds. The lowest BCUT2D eigenvalue weighted by atomic mass is 10.2. The number of anilines is 1. The number of benzene rings is 1. The average molecular weight is 332 g/mol. The summed E-state index contributed by atoms with van der Waals surface area (Å²) in [5, 5.41) is 14.5. The zero-order valence-corrected chi connectivity index (χ0v) is 12.9. The molecule has 4 rings (SSSR count). The van der Waals surface area contributed by atoms with Gasteiger partial charge in [0, 0.05) is 36.4 Å². The van der Waals surface area contributed by atoms with E-state index >= 15 is 0 Å². The van der Waals surface area contributed by atoms with Gasteiger partial charge in [0.2, 0.25) is 5.88 Å². The number of carbonyl (C=O) groups excluding carboxylic acids is 1. The van der Waals surface area contributed by atoms with Crippen LogP contribution in [0, 0.1) is 0 Å². The number of fused-ring (bicyclic) bond motifs is 1. The lowest BCUT2D eigenvalue weighted by molar-refractivity contribution is 0.102. The Balaban J connectivity index is 1.54. The van der Waals surface area contributed by atoms with Gasteiger partial charge < -0.3 is 10.1 Å². The minimum Gasteiger partial charge on any atom is -0.437 e. The third-order valence-electron chi connectivity index (χ3n) is 3.39. The fraction of sp³-hybridized carbons (Fsp3) is 0. The lowest BCUT2D eigenvalue weighted by Crippen LogP contribution is -2.12. The van der Waals surface area contributed by atoms with Crippen molar-refractivity contribution >= 4 is 17.2 Å². The second-order valence-corrected chi connectivity index (χ2v) is 5.09. The fourth-order valence-corrected chi connectivity index (χ4v) is 2.29. The van der Waals surface area contributed by atoms with E-state index in [1.807, 2.05) is 0 Å². The van der Waals surface area contributed by atoms with Crippen molar-refractivity contribution in [2.75, 3.05) is 5.32 Å². The molecule has 0 bridgehead atoms. The highest BCUT2D eigenvalue weighted by atomic mass is 16.5. The molecule has 122 valence electrons. The summed E-state index contributed by atoms with van der Waals surface area (Å²) in [5.74, 6) is 0.611. The minimum absolute atomic E-state index is 0.301. The van der Waals surface area contributed by atoms with Gasteiger partial charge in [0.25, 0.3) is 5.91 Å². The molecule has 0 aliphatic heterocycles.